The van der Waals surface area contributed by atoms with Gasteiger partial charge in [0.2, 0.25) is 0 Å². The molecule has 0 aliphatic heterocycles. The standard InChI is InChI=1S/C17H19NO4/c1-3-22-17(20)12-6-4-8-14(10-12)18-11-13-7-5-9-15(21-2)16(13)19/h4-10,18-19H,3,11H2,1-2H3. The van der Waals surface area contributed by atoms with Crippen molar-refractivity contribution in [1.82, 2.24) is 0 Å². The minimum Gasteiger partial charge on any atom is -0.504 e. The molecule has 22 heavy (non-hydrogen) atoms. The summed E-state index contributed by atoms with van der Waals surface area (Å²) in [5, 5.41) is 13.2. The molecule has 5 heteroatoms. The fraction of sp³-hybridized carbons (Fsp3) is 0.235. The van der Waals surface area contributed by atoms with Gasteiger partial charge in [0.1, 0.15) is 0 Å². The Balaban J connectivity index is 2.09. The number of para-hydroxylation sites is 1. The summed E-state index contributed by atoms with van der Waals surface area (Å²) < 4.78 is 10.0. The highest BCUT2D eigenvalue weighted by Crippen LogP contribution is 2.29. The molecular formula is C17H19NO4. The van der Waals surface area contributed by atoms with Crippen molar-refractivity contribution in [2.45, 2.75) is 13.5 Å². The van der Waals surface area contributed by atoms with Crippen molar-refractivity contribution >= 4 is 11.7 Å². The van der Waals surface area contributed by atoms with Crippen molar-refractivity contribution in [2.75, 3.05) is 19.0 Å². The minimum atomic E-state index is -0.352. The number of esters is 1. The van der Waals surface area contributed by atoms with Gasteiger partial charge in [0.15, 0.2) is 11.5 Å². The molecule has 0 saturated heterocycles. The lowest BCUT2D eigenvalue weighted by molar-refractivity contribution is 0.0526. The number of hydrogen-bond acceptors (Lipinski definition) is 5. The SMILES string of the molecule is CCOC(=O)c1cccc(NCc2cccc(OC)c2O)c1. The molecule has 0 bridgehead atoms. The van der Waals surface area contributed by atoms with E-state index in [-0.39, 0.29) is 11.7 Å². The van der Waals surface area contributed by atoms with E-state index >= 15 is 0 Å². The molecule has 2 aromatic carbocycles. The predicted octanol–water partition coefficient (Wildman–Crippen LogP) is 3.19. The van der Waals surface area contributed by atoms with Crippen LogP contribution in [0.5, 0.6) is 11.5 Å². The number of phenols is 1. The summed E-state index contributed by atoms with van der Waals surface area (Å²) >= 11 is 0. The highest BCUT2D eigenvalue weighted by molar-refractivity contribution is 5.90. The normalized spacial score (nSPS) is 10.1. The van der Waals surface area contributed by atoms with Crippen LogP contribution in [-0.4, -0.2) is 24.8 Å². The zero-order valence-electron chi connectivity index (χ0n) is 12.6. The third-order valence-electron chi connectivity index (χ3n) is 3.16. The third kappa shape index (κ3) is 3.69. The number of ether oxygens (including phenoxy) is 2. The second-order valence-corrected chi connectivity index (χ2v) is 4.62. The van der Waals surface area contributed by atoms with E-state index in [1.54, 1.807) is 37.3 Å². The monoisotopic (exact) mass is 301 g/mol. The van der Waals surface area contributed by atoms with Gasteiger partial charge in [-0.2, -0.15) is 0 Å². The molecule has 0 radical (unpaired) electrons. The molecular weight excluding hydrogens is 282 g/mol. The van der Waals surface area contributed by atoms with Gasteiger partial charge in [0.25, 0.3) is 0 Å². The number of benzene rings is 2. The zero-order valence-corrected chi connectivity index (χ0v) is 12.6. The smallest absolute Gasteiger partial charge is 0.338 e. The highest BCUT2D eigenvalue weighted by Gasteiger charge is 2.09. The van der Waals surface area contributed by atoms with Crippen LogP contribution >= 0.6 is 0 Å². The average molecular weight is 301 g/mol. The van der Waals surface area contributed by atoms with Gasteiger partial charge >= 0.3 is 5.97 Å². The van der Waals surface area contributed by atoms with Crippen molar-refractivity contribution in [2.24, 2.45) is 0 Å². The Morgan fingerprint density at radius 2 is 2.00 bits per heavy atom. The maximum Gasteiger partial charge on any atom is 0.338 e. The molecule has 5 nitrogen and oxygen atoms in total. The van der Waals surface area contributed by atoms with Gasteiger partial charge in [-0.05, 0) is 31.2 Å². The maximum absolute atomic E-state index is 11.7. The van der Waals surface area contributed by atoms with Gasteiger partial charge in [-0.3, -0.25) is 0 Å². The second-order valence-electron chi connectivity index (χ2n) is 4.62. The largest absolute Gasteiger partial charge is 0.504 e. The topological polar surface area (TPSA) is 67.8 Å². The maximum atomic E-state index is 11.7. The lowest BCUT2D eigenvalue weighted by Gasteiger charge is -2.11. The van der Waals surface area contributed by atoms with Gasteiger partial charge in [0, 0.05) is 17.8 Å². The number of nitrogens with one attached hydrogen (secondary N) is 1. The lowest BCUT2D eigenvalue weighted by atomic mass is 10.1. The zero-order chi connectivity index (χ0) is 15.9. The number of phenolic OH excluding ortho intramolecular Hbond substituents is 1. The molecule has 2 rings (SSSR count). The van der Waals surface area contributed by atoms with Gasteiger partial charge in [-0.1, -0.05) is 18.2 Å². The Morgan fingerprint density at radius 3 is 2.73 bits per heavy atom. The highest BCUT2D eigenvalue weighted by atomic mass is 16.5. The average Bonchev–Trinajstić information content (AvgIpc) is 2.54. The van der Waals surface area contributed by atoms with Gasteiger partial charge in [-0.15, -0.1) is 0 Å². The Hall–Kier alpha value is -2.69. The number of carbonyl (C=O) groups is 1. The molecule has 0 saturated carbocycles. The number of anilines is 1. The van der Waals surface area contributed by atoms with E-state index in [9.17, 15) is 9.90 Å². The quantitative estimate of drug-likeness (QED) is 0.802. The van der Waals surface area contributed by atoms with E-state index in [1.165, 1.54) is 7.11 Å². The van der Waals surface area contributed by atoms with E-state index in [0.717, 1.165) is 5.69 Å². The summed E-state index contributed by atoms with van der Waals surface area (Å²) in [5.74, 6) is 0.189. The van der Waals surface area contributed by atoms with Crippen molar-refractivity contribution in [1.29, 1.82) is 0 Å². The van der Waals surface area contributed by atoms with Crippen molar-refractivity contribution in [3.63, 3.8) is 0 Å². The molecule has 0 unspecified atom stereocenters. The molecule has 0 atom stereocenters. The minimum absolute atomic E-state index is 0.110. The lowest BCUT2D eigenvalue weighted by Crippen LogP contribution is -2.06. The second kappa shape index (κ2) is 7.36. The first-order valence-electron chi connectivity index (χ1n) is 7.01. The van der Waals surface area contributed by atoms with Crippen LogP contribution in [0.15, 0.2) is 42.5 Å². The van der Waals surface area contributed by atoms with Gasteiger partial charge < -0.3 is 19.9 Å². The number of carbonyl (C=O) groups excluding carboxylic acids is 1. The summed E-state index contributed by atoms with van der Waals surface area (Å²) in [7, 11) is 1.51. The first-order valence-corrected chi connectivity index (χ1v) is 7.01. The summed E-state index contributed by atoms with van der Waals surface area (Å²) in [6.07, 6.45) is 0. The summed E-state index contributed by atoms with van der Waals surface area (Å²) in [6.45, 7) is 2.52. The molecule has 2 aromatic rings. The van der Waals surface area contributed by atoms with E-state index in [1.807, 2.05) is 12.1 Å². The third-order valence-corrected chi connectivity index (χ3v) is 3.16. The van der Waals surface area contributed by atoms with Crippen LogP contribution in [-0.2, 0) is 11.3 Å². The number of hydrogen-bond donors (Lipinski definition) is 2. The first kappa shape index (κ1) is 15.7. The molecule has 0 amide bonds. The van der Waals surface area contributed by atoms with Crippen molar-refractivity contribution in [3.8, 4) is 11.5 Å². The molecule has 2 N–H and O–H groups in total. The first-order chi connectivity index (χ1) is 10.7. The fourth-order valence-corrected chi connectivity index (χ4v) is 2.04. The Bertz CT molecular complexity index is 655. The summed E-state index contributed by atoms with van der Waals surface area (Å²) in [6, 6.07) is 12.4. The number of methoxy groups -OCH3 is 1. The fourth-order valence-electron chi connectivity index (χ4n) is 2.04. The van der Waals surface area contributed by atoms with Crippen LogP contribution in [0.4, 0.5) is 5.69 Å². The molecule has 0 fully saturated rings. The van der Waals surface area contributed by atoms with E-state index in [0.29, 0.717) is 30.0 Å². The Labute approximate surface area is 129 Å². The van der Waals surface area contributed by atoms with Crippen LogP contribution < -0.4 is 10.1 Å². The van der Waals surface area contributed by atoms with E-state index < -0.39 is 0 Å². The van der Waals surface area contributed by atoms with Crippen LogP contribution in [0.2, 0.25) is 0 Å². The molecule has 116 valence electrons. The Kier molecular flexibility index (Phi) is 5.25. The summed E-state index contributed by atoms with van der Waals surface area (Å²) in [4.78, 5) is 11.7. The van der Waals surface area contributed by atoms with Crippen LogP contribution in [0.3, 0.4) is 0 Å². The van der Waals surface area contributed by atoms with Crippen molar-refractivity contribution in [3.05, 3.63) is 53.6 Å². The van der Waals surface area contributed by atoms with Crippen LogP contribution in [0.25, 0.3) is 0 Å². The summed E-state index contributed by atoms with van der Waals surface area (Å²) in [5.41, 5.74) is 1.97. The number of rotatable bonds is 6. The van der Waals surface area contributed by atoms with E-state index in [2.05, 4.69) is 5.32 Å². The Morgan fingerprint density at radius 1 is 1.23 bits per heavy atom. The number of aromatic hydroxyl groups is 1. The molecule has 0 aliphatic rings. The molecule has 0 aromatic heterocycles. The molecule has 0 heterocycles. The predicted molar refractivity (Wildman–Crippen MR) is 84.4 cm³/mol. The van der Waals surface area contributed by atoms with Crippen LogP contribution in [0, 0.1) is 0 Å². The molecule has 0 aliphatic carbocycles. The van der Waals surface area contributed by atoms with Crippen molar-refractivity contribution < 1.29 is 19.4 Å². The van der Waals surface area contributed by atoms with Gasteiger partial charge in [0.05, 0.1) is 19.3 Å². The van der Waals surface area contributed by atoms with Gasteiger partial charge in [-0.25, -0.2) is 4.79 Å². The van der Waals surface area contributed by atoms with E-state index in [4.69, 9.17) is 9.47 Å². The molecule has 0 spiro atoms. The van der Waals surface area contributed by atoms with Crippen LogP contribution in [0.1, 0.15) is 22.8 Å².